The van der Waals surface area contributed by atoms with Crippen LogP contribution in [0.1, 0.15) is 19.4 Å². The van der Waals surface area contributed by atoms with Crippen molar-refractivity contribution in [1.82, 2.24) is 0 Å². The highest BCUT2D eigenvalue weighted by atomic mass is 16.5. The second kappa shape index (κ2) is 4.29. The summed E-state index contributed by atoms with van der Waals surface area (Å²) < 4.78 is 11.2. The van der Waals surface area contributed by atoms with Crippen LogP contribution in [0.3, 0.4) is 0 Å². The predicted octanol–water partition coefficient (Wildman–Crippen LogP) is 3.54. The van der Waals surface area contributed by atoms with Crippen LogP contribution in [0.25, 0.3) is 27.8 Å². The normalized spacial score (nSPS) is 15.6. The SMILES string of the molecule is CC1(C)C=Cc2c(cc(O)c3c2oc(=O)c2c(O)cccc23)O1. The molecule has 5 heteroatoms. The van der Waals surface area contributed by atoms with Crippen molar-refractivity contribution in [2.75, 3.05) is 0 Å². The van der Waals surface area contributed by atoms with Gasteiger partial charge in [0.1, 0.15) is 28.2 Å². The molecule has 1 aliphatic heterocycles. The van der Waals surface area contributed by atoms with Crippen molar-refractivity contribution in [2.45, 2.75) is 19.4 Å². The summed E-state index contributed by atoms with van der Waals surface area (Å²) in [5.74, 6) is 0.206. The standard InChI is InChI=1S/C18H14O5/c1-18(2)7-6-9-13(23-18)8-12(20)14-10-4-3-5-11(19)15(10)17(21)22-16(9)14/h3-8,19-20H,1-2H3. The average Bonchev–Trinajstić information content (AvgIpc) is 2.45. The third-order valence-electron chi connectivity index (χ3n) is 4.00. The van der Waals surface area contributed by atoms with Crippen LogP contribution < -0.4 is 10.4 Å². The molecule has 3 aromatic rings. The van der Waals surface area contributed by atoms with Gasteiger partial charge in [-0.2, -0.15) is 0 Å². The number of phenolic OH excluding ortho intramolecular Hbond substituents is 2. The van der Waals surface area contributed by atoms with E-state index in [1.807, 2.05) is 26.0 Å². The molecular formula is C18H14O5. The van der Waals surface area contributed by atoms with Crippen LogP contribution in [0.5, 0.6) is 17.2 Å². The maximum atomic E-state index is 12.3. The first-order valence-corrected chi connectivity index (χ1v) is 7.20. The first-order valence-electron chi connectivity index (χ1n) is 7.20. The zero-order valence-electron chi connectivity index (χ0n) is 12.6. The van der Waals surface area contributed by atoms with E-state index in [4.69, 9.17) is 9.15 Å². The van der Waals surface area contributed by atoms with E-state index in [2.05, 4.69) is 0 Å². The van der Waals surface area contributed by atoms with Gasteiger partial charge in [-0.05, 0) is 32.1 Å². The molecule has 0 unspecified atom stereocenters. The van der Waals surface area contributed by atoms with Crippen molar-refractivity contribution in [1.29, 1.82) is 0 Å². The van der Waals surface area contributed by atoms with Gasteiger partial charge in [-0.15, -0.1) is 0 Å². The number of ether oxygens (including phenoxy) is 1. The molecule has 0 fully saturated rings. The van der Waals surface area contributed by atoms with Gasteiger partial charge in [0, 0.05) is 11.5 Å². The minimum absolute atomic E-state index is 0.0521. The Bertz CT molecular complexity index is 1060. The Morgan fingerprint density at radius 1 is 1.09 bits per heavy atom. The molecule has 0 saturated carbocycles. The first-order chi connectivity index (χ1) is 10.9. The molecule has 0 radical (unpaired) electrons. The van der Waals surface area contributed by atoms with Crippen molar-refractivity contribution in [3.63, 3.8) is 0 Å². The van der Waals surface area contributed by atoms with E-state index in [9.17, 15) is 15.0 Å². The lowest BCUT2D eigenvalue weighted by atomic mass is 9.98. The molecule has 0 amide bonds. The maximum Gasteiger partial charge on any atom is 0.348 e. The van der Waals surface area contributed by atoms with Crippen LogP contribution in [-0.2, 0) is 0 Å². The van der Waals surface area contributed by atoms with E-state index in [1.165, 1.54) is 12.1 Å². The van der Waals surface area contributed by atoms with E-state index >= 15 is 0 Å². The topological polar surface area (TPSA) is 79.9 Å². The number of benzene rings is 2. The highest BCUT2D eigenvalue weighted by Gasteiger charge is 2.26. The second-order valence-electron chi connectivity index (χ2n) is 6.14. The van der Waals surface area contributed by atoms with Gasteiger partial charge in [-0.25, -0.2) is 4.79 Å². The Labute approximate surface area is 131 Å². The molecule has 0 saturated heterocycles. The third kappa shape index (κ3) is 1.90. The number of rotatable bonds is 0. The number of aromatic hydroxyl groups is 2. The minimum Gasteiger partial charge on any atom is -0.507 e. The highest BCUT2D eigenvalue weighted by molar-refractivity contribution is 6.11. The molecule has 1 aliphatic rings. The van der Waals surface area contributed by atoms with Crippen molar-refractivity contribution >= 4 is 27.8 Å². The largest absolute Gasteiger partial charge is 0.507 e. The fraction of sp³-hybridized carbons (Fsp3) is 0.167. The van der Waals surface area contributed by atoms with Gasteiger partial charge < -0.3 is 19.4 Å². The fourth-order valence-corrected chi connectivity index (χ4v) is 2.95. The molecule has 0 atom stereocenters. The maximum absolute atomic E-state index is 12.3. The van der Waals surface area contributed by atoms with E-state index in [1.54, 1.807) is 12.1 Å². The molecule has 1 aromatic heterocycles. The monoisotopic (exact) mass is 310 g/mol. The van der Waals surface area contributed by atoms with Crippen molar-refractivity contribution in [3.05, 3.63) is 46.3 Å². The summed E-state index contributed by atoms with van der Waals surface area (Å²) >= 11 is 0. The van der Waals surface area contributed by atoms with Crippen LogP contribution >= 0.6 is 0 Å². The van der Waals surface area contributed by atoms with Crippen LogP contribution in [0.15, 0.2) is 39.6 Å². The minimum atomic E-state index is -0.656. The Morgan fingerprint density at radius 2 is 1.87 bits per heavy atom. The molecular weight excluding hydrogens is 296 g/mol. The van der Waals surface area contributed by atoms with Crippen molar-refractivity contribution in [3.8, 4) is 17.2 Å². The Morgan fingerprint density at radius 3 is 2.65 bits per heavy atom. The molecule has 2 N–H and O–H groups in total. The molecule has 4 rings (SSSR count). The van der Waals surface area contributed by atoms with Crippen LogP contribution in [0, 0.1) is 0 Å². The quantitative estimate of drug-likeness (QED) is 0.490. The molecule has 0 aliphatic carbocycles. The van der Waals surface area contributed by atoms with E-state index in [0.29, 0.717) is 22.1 Å². The van der Waals surface area contributed by atoms with Gasteiger partial charge in [0.25, 0.3) is 0 Å². The Hall–Kier alpha value is -2.95. The second-order valence-corrected chi connectivity index (χ2v) is 6.14. The van der Waals surface area contributed by atoms with Crippen LogP contribution in [0.2, 0.25) is 0 Å². The molecule has 5 nitrogen and oxygen atoms in total. The van der Waals surface area contributed by atoms with E-state index in [0.717, 1.165) is 0 Å². The summed E-state index contributed by atoms with van der Waals surface area (Å²) in [6.07, 6.45) is 3.68. The molecule has 116 valence electrons. The number of hydrogen-bond donors (Lipinski definition) is 2. The fourth-order valence-electron chi connectivity index (χ4n) is 2.95. The van der Waals surface area contributed by atoms with Gasteiger partial charge in [0.15, 0.2) is 5.58 Å². The zero-order chi connectivity index (χ0) is 16.4. The van der Waals surface area contributed by atoms with Gasteiger partial charge in [-0.3, -0.25) is 0 Å². The van der Waals surface area contributed by atoms with Crippen LogP contribution in [0.4, 0.5) is 0 Å². The molecule has 23 heavy (non-hydrogen) atoms. The predicted molar refractivity (Wildman–Crippen MR) is 87.1 cm³/mol. The Kier molecular flexibility index (Phi) is 2.55. The first kappa shape index (κ1) is 13.7. The summed E-state index contributed by atoms with van der Waals surface area (Å²) in [4.78, 5) is 12.3. The third-order valence-corrected chi connectivity index (χ3v) is 4.00. The average molecular weight is 310 g/mol. The Balaban J connectivity index is 2.22. The molecule has 2 aromatic carbocycles. The smallest absolute Gasteiger partial charge is 0.348 e. The summed E-state index contributed by atoms with van der Waals surface area (Å²) in [6.45, 7) is 3.78. The lowest BCUT2D eigenvalue weighted by molar-refractivity contribution is 0.158. The van der Waals surface area contributed by atoms with Gasteiger partial charge in [0.2, 0.25) is 0 Å². The summed E-state index contributed by atoms with van der Waals surface area (Å²) in [7, 11) is 0. The van der Waals surface area contributed by atoms with E-state index in [-0.39, 0.29) is 22.5 Å². The molecule has 2 heterocycles. The summed E-state index contributed by atoms with van der Waals surface area (Å²) in [6, 6.07) is 6.20. The van der Waals surface area contributed by atoms with E-state index < -0.39 is 11.2 Å². The number of fused-ring (bicyclic) bond motifs is 5. The van der Waals surface area contributed by atoms with Gasteiger partial charge >= 0.3 is 5.63 Å². The van der Waals surface area contributed by atoms with Crippen molar-refractivity contribution in [2.24, 2.45) is 0 Å². The molecule has 0 bridgehead atoms. The van der Waals surface area contributed by atoms with Gasteiger partial charge in [0.05, 0.1) is 10.9 Å². The van der Waals surface area contributed by atoms with Gasteiger partial charge in [-0.1, -0.05) is 12.1 Å². The molecule has 0 spiro atoms. The van der Waals surface area contributed by atoms with Crippen LogP contribution in [-0.4, -0.2) is 15.8 Å². The zero-order valence-corrected chi connectivity index (χ0v) is 12.6. The lowest BCUT2D eigenvalue weighted by Crippen LogP contribution is -2.27. The number of phenols is 2. The highest BCUT2D eigenvalue weighted by Crippen LogP contribution is 2.43. The van der Waals surface area contributed by atoms with Crippen molar-refractivity contribution < 1.29 is 19.4 Å². The number of hydrogen-bond acceptors (Lipinski definition) is 5. The summed E-state index contributed by atoms with van der Waals surface area (Å²) in [5, 5.41) is 21.2. The lowest BCUT2D eigenvalue weighted by Gasteiger charge is -2.28. The summed E-state index contributed by atoms with van der Waals surface area (Å²) in [5.41, 5.74) is -0.325.